The number of hydrogen-bond donors (Lipinski definition) is 2. The Kier molecular flexibility index (Phi) is 4.22. The Morgan fingerprint density at radius 1 is 1.08 bits per heavy atom. The molecule has 2 aliphatic rings. The highest BCUT2D eigenvalue weighted by molar-refractivity contribution is 5.89. The number of carbonyl (C=O) groups excluding carboxylic acids is 1. The van der Waals surface area contributed by atoms with Crippen molar-refractivity contribution in [3.05, 3.63) is 65.2 Å². The predicted octanol–water partition coefficient (Wildman–Crippen LogP) is 3.24. The quantitative estimate of drug-likeness (QED) is 0.904. The van der Waals surface area contributed by atoms with Crippen molar-refractivity contribution in [1.29, 1.82) is 0 Å². The van der Waals surface area contributed by atoms with E-state index in [1.165, 1.54) is 0 Å². The second kappa shape index (κ2) is 6.52. The molecule has 1 heterocycles. The number of amides is 1. The van der Waals surface area contributed by atoms with Gasteiger partial charge in [0.1, 0.15) is 5.75 Å². The summed E-state index contributed by atoms with van der Waals surface area (Å²) in [5, 5.41) is 13.3. The SMILES string of the molecule is O=C(NC1CCc2c(O)cccc21)C1(c2ccccc2)CCOCC1. The Hall–Kier alpha value is -2.33. The van der Waals surface area contributed by atoms with E-state index in [0.29, 0.717) is 31.8 Å². The Bertz CT molecular complexity index is 766. The van der Waals surface area contributed by atoms with Gasteiger partial charge in [0, 0.05) is 13.2 Å². The number of phenolic OH excluding ortho intramolecular Hbond substituents is 1. The molecule has 2 N–H and O–H groups in total. The van der Waals surface area contributed by atoms with E-state index in [4.69, 9.17) is 4.74 Å². The van der Waals surface area contributed by atoms with E-state index in [-0.39, 0.29) is 11.9 Å². The van der Waals surface area contributed by atoms with Gasteiger partial charge in [0.25, 0.3) is 0 Å². The second-order valence-electron chi connectivity index (χ2n) is 6.97. The zero-order valence-electron chi connectivity index (χ0n) is 14.2. The first-order valence-electron chi connectivity index (χ1n) is 8.96. The van der Waals surface area contributed by atoms with Crippen LogP contribution in [-0.4, -0.2) is 24.2 Å². The number of fused-ring (bicyclic) bond motifs is 1. The van der Waals surface area contributed by atoms with Crippen molar-refractivity contribution in [1.82, 2.24) is 5.32 Å². The molecular weight excluding hydrogens is 314 g/mol. The molecule has 1 atom stereocenters. The lowest BCUT2D eigenvalue weighted by Crippen LogP contribution is -2.48. The molecule has 1 unspecified atom stereocenters. The van der Waals surface area contributed by atoms with Crippen LogP contribution in [0.2, 0.25) is 0 Å². The highest BCUT2D eigenvalue weighted by Crippen LogP contribution is 2.39. The molecule has 0 radical (unpaired) electrons. The van der Waals surface area contributed by atoms with E-state index in [1.807, 2.05) is 42.5 Å². The van der Waals surface area contributed by atoms with Crippen molar-refractivity contribution in [2.24, 2.45) is 0 Å². The molecule has 2 aromatic carbocycles. The van der Waals surface area contributed by atoms with Crippen LogP contribution in [0.4, 0.5) is 0 Å². The summed E-state index contributed by atoms with van der Waals surface area (Å²) in [5.74, 6) is 0.404. The van der Waals surface area contributed by atoms with Gasteiger partial charge in [0.15, 0.2) is 0 Å². The van der Waals surface area contributed by atoms with E-state index in [0.717, 1.165) is 29.5 Å². The molecule has 0 bridgehead atoms. The zero-order chi connectivity index (χ0) is 17.3. The number of ether oxygens (including phenoxy) is 1. The fourth-order valence-corrected chi connectivity index (χ4v) is 4.21. The standard InChI is InChI=1S/C21H23NO3/c23-19-8-4-7-16-17(19)9-10-18(16)22-20(24)21(11-13-25-14-12-21)15-5-2-1-3-6-15/h1-8,18,23H,9-14H2,(H,22,24). The Morgan fingerprint density at radius 3 is 2.60 bits per heavy atom. The minimum atomic E-state index is -0.529. The summed E-state index contributed by atoms with van der Waals surface area (Å²) in [5.41, 5.74) is 2.54. The van der Waals surface area contributed by atoms with Crippen LogP contribution in [0.25, 0.3) is 0 Å². The first-order chi connectivity index (χ1) is 12.2. The number of benzene rings is 2. The van der Waals surface area contributed by atoms with Crippen molar-refractivity contribution in [3.8, 4) is 5.75 Å². The molecule has 1 aliphatic carbocycles. The molecule has 4 nitrogen and oxygen atoms in total. The van der Waals surface area contributed by atoms with Crippen LogP contribution in [0.3, 0.4) is 0 Å². The highest BCUT2D eigenvalue weighted by atomic mass is 16.5. The summed E-state index contributed by atoms with van der Waals surface area (Å²) in [6, 6.07) is 15.6. The van der Waals surface area contributed by atoms with Crippen molar-refractivity contribution < 1.29 is 14.6 Å². The van der Waals surface area contributed by atoms with Crippen LogP contribution in [0.5, 0.6) is 5.75 Å². The predicted molar refractivity (Wildman–Crippen MR) is 95.5 cm³/mol. The number of nitrogens with one attached hydrogen (secondary N) is 1. The highest BCUT2D eigenvalue weighted by Gasteiger charge is 2.43. The first-order valence-corrected chi connectivity index (χ1v) is 8.96. The normalized spacial score (nSPS) is 21.5. The largest absolute Gasteiger partial charge is 0.508 e. The summed E-state index contributed by atoms with van der Waals surface area (Å²) in [7, 11) is 0. The lowest BCUT2D eigenvalue weighted by molar-refractivity contribution is -0.131. The molecule has 1 aliphatic heterocycles. The molecule has 0 spiro atoms. The molecule has 130 valence electrons. The van der Waals surface area contributed by atoms with Gasteiger partial charge in [-0.2, -0.15) is 0 Å². The van der Waals surface area contributed by atoms with Gasteiger partial charge < -0.3 is 15.2 Å². The molecule has 4 heteroatoms. The minimum Gasteiger partial charge on any atom is -0.508 e. The van der Waals surface area contributed by atoms with Crippen LogP contribution < -0.4 is 5.32 Å². The number of carbonyl (C=O) groups is 1. The summed E-state index contributed by atoms with van der Waals surface area (Å²) in [6.45, 7) is 1.20. The number of rotatable bonds is 3. The summed E-state index contributed by atoms with van der Waals surface area (Å²) >= 11 is 0. The average molecular weight is 337 g/mol. The van der Waals surface area contributed by atoms with E-state index < -0.39 is 5.41 Å². The maximum Gasteiger partial charge on any atom is 0.231 e. The van der Waals surface area contributed by atoms with Gasteiger partial charge in [0.05, 0.1) is 11.5 Å². The van der Waals surface area contributed by atoms with Gasteiger partial charge in [-0.15, -0.1) is 0 Å². The number of hydrogen-bond acceptors (Lipinski definition) is 3. The van der Waals surface area contributed by atoms with Crippen molar-refractivity contribution >= 4 is 5.91 Å². The first kappa shape index (κ1) is 16.2. The number of phenols is 1. The third-order valence-corrected chi connectivity index (χ3v) is 5.66. The van der Waals surface area contributed by atoms with Gasteiger partial charge in [-0.1, -0.05) is 42.5 Å². The zero-order valence-corrected chi connectivity index (χ0v) is 14.2. The van der Waals surface area contributed by atoms with Crippen LogP contribution in [0.15, 0.2) is 48.5 Å². The van der Waals surface area contributed by atoms with Crippen LogP contribution in [0.1, 0.15) is 42.0 Å². The van der Waals surface area contributed by atoms with Crippen molar-refractivity contribution in [3.63, 3.8) is 0 Å². The third-order valence-electron chi connectivity index (χ3n) is 5.66. The fourth-order valence-electron chi connectivity index (χ4n) is 4.21. The van der Waals surface area contributed by atoms with Gasteiger partial charge >= 0.3 is 0 Å². The van der Waals surface area contributed by atoms with E-state index in [1.54, 1.807) is 6.07 Å². The second-order valence-corrected chi connectivity index (χ2v) is 6.97. The maximum absolute atomic E-state index is 13.3. The van der Waals surface area contributed by atoms with Gasteiger partial charge in [0.2, 0.25) is 5.91 Å². The van der Waals surface area contributed by atoms with Gasteiger partial charge in [-0.05, 0) is 48.4 Å². The summed E-state index contributed by atoms with van der Waals surface area (Å²) < 4.78 is 5.53. The molecule has 1 saturated heterocycles. The van der Waals surface area contributed by atoms with Crippen LogP contribution >= 0.6 is 0 Å². The van der Waals surface area contributed by atoms with E-state index >= 15 is 0 Å². The molecule has 0 saturated carbocycles. The van der Waals surface area contributed by atoms with Gasteiger partial charge in [-0.25, -0.2) is 0 Å². The number of aromatic hydroxyl groups is 1. The van der Waals surface area contributed by atoms with Crippen molar-refractivity contribution in [2.75, 3.05) is 13.2 Å². The third kappa shape index (κ3) is 2.81. The Morgan fingerprint density at radius 2 is 1.84 bits per heavy atom. The van der Waals surface area contributed by atoms with Crippen LogP contribution in [-0.2, 0) is 21.4 Å². The topological polar surface area (TPSA) is 58.6 Å². The fraction of sp³-hybridized carbons (Fsp3) is 0.381. The molecular formula is C21H23NO3. The van der Waals surface area contributed by atoms with Crippen LogP contribution in [0, 0.1) is 0 Å². The molecule has 4 rings (SSSR count). The molecule has 0 aromatic heterocycles. The van der Waals surface area contributed by atoms with Crippen molar-refractivity contribution in [2.45, 2.75) is 37.1 Å². The van der Waals surface area contributed by atoms with Gasteiger partial charge in [-0.3, -0.25) is 4.79 Å². The Balaban J connectivity index is 1.62. The molecule has 1 amide bonds. The average Bonchev–Trinajstić information content (AvgIpc) is 3.07. The Labute approximate surface area is 147 Å². The monoisotopic (exact) mass is 337 g/mol. The minimum absolute atomic E-state index is 0.0296. The lowest BCUT2D eigenvalue weighted by atomic mass is 9.73. The van der Waals surface area contributed by atoms with E-state index in [2.05, 4.69) is 5.32 Å². The molecule has 1 fully saturated rings. The maximum atomic E-state index is 13.3. The summed E-state index contributed by atoms with van der Waals surface area (Å²) in [4.78, 5) is 13.3. The lowest BCUT2D eigenvalue weighted by Gasteiger charge is -2.37. The molecule has 25 heavy (non-hydrogen) atoms. The van der Waals surface area contributed by atoms with E-state index in [9.17, 15) is 9.90 Å². The molecule has 2 aromatic rings. The smallest absolute Gasteiger partial charge is 0.231 e. The summed E-state index contributed by atoms with van der Waals surface area (Å²) in [6.07, 6.45) is 3.03.